The first-order valence-corrected chi connectivity index (χ1v) is 8.96. The number of H-pyrrole nitrogens is 1. The van der Waals surface area contributed by atoms with Crippen LogP contribution in [0.25, 0.3) is 11.2 Å². The molecule has 0 radical (unpaired) electrons. The van der Waals surface area contributed by atoms with Crippen LogP contribution >= 0.6 is 0 Å². The lowest BCUT2D eigenvalue weighted by Gasteiger charge is -2.19. The summed E-state index contributed by atoms with van der Waals surface area (Å²) in [4.78, 5) is 23.1. The Morgan fingerprint density at radius 1 is 1.21 bits per heavy atom. The van der Waals surface area contributed by atoms with Gasteiger partial charge in [0, 0.05) is 6.54 Å². The number of rotatable bonds is 6. The molecule has 0 bridgehead atoms. The summed E-state index contributed by atoms with van der Waals surface area (Å²) in [5.41, 5.74) is 0.992. The van der Waals surface area contributed by atoms with Crippen molar-refractivity contribution >= 4 is 17.1 Å². The molecular formula is C18H21N5O5. The molecule has 1 aliphatic heterocycles. The molecule has 10 nitrogen and oxygen atoms in total. The molecule has 3 aromatic rings. The monoisotopic (exact) mass is 387 g/mol. The van der Waals surface area contributed by atoms with Crippen LogP contribution in [0, 0.1) is 0 Å². The highest BCUT2D eigenvalue weighted by Crippen LogP contribution is 2.33. The van der Waals surface area contributed by atoms with E-state index in [2.05, 4.69) is 20.3 Å². The molecule has 3 heterocycles. The minimum absolute atomic E-state index is 0.0856. The van der Waals surface area contributed by atoms with Gasteiger partial charge in [-0.05, 0) is 12.0 Å². The highest BCUT2D eigenvalue weighted by atomic mass is 16.6. The van der Waals surface area contributed by atoms with Crippen LogP contribution in [-0.2, 0) is 11.2 Å². The van der Waals surface area contributed by atoms with Crippen molar-refractivity contribution in [3.63, 3.8) is 0 Å². The summed E-state index contributed by atoms with van der Waals surface area (Å²) in [7, 11) is 0. The Hall–Kier alpha value is -2.79. The summed E-state index contributed by atoms with van der Waals surface area (Å²) in [5.74, 6) is 0.282. The zero-order valence-electron chi connectivity index (χ0n) is 14.9. The Labute approximate surface area is 159 Å². The highest BCUT2D eigenvalue weighted by Gasteiger charge is 2.45. The number of ether oxygens (including phenoxy) is 1. The molecule has 0 saturated carbocycles. The average Bonchev–Trinajstić information content (AvgIpc) is 3.21. The molecule has 0 aliphatic carbocycles. The van der Waals surface area contributed by atoms with E-state index in [1.807, 2.05) is 30.3 Å². The smallest absolute Gasteiger partial charge is 0.278 e. The van der Waals surface area contributed by atoms with Crippen LogP contribution in [-0.4, -0.2) is 66.3 Å². The minimum Gasteiger partial charge on any atom is -0.394 e. The van der Waals surface area contributed by atoms with Gasteiger partial charge in [-0.15, -0.1) is 0 Å². The lowest BCUT2D eigenvalue weighted by molar-refractivity contribution is -0.0501. The zero-order chi connectivity index (χ0) is 19.7. The van der Waals surface area contributed by atoms with Crippen molar-refractivity contribution in [2.45, 2.75) is 31.0 Å². The van der Waals surface area contributed by atoms with Crippen LogP contribution in [0.4, 0.5) is 5.95 Å². The first kappa shape index (κ1) is 18.6. The van der Waals surface area contributed by atoms with E-state index in [9.17, 15) is 20.1 Å². The number of imidazole rings is 1. The van der Waals surface area contributed by atoms with Crippen molar-refractivity contribution in [2.75, 3.05) is 18.5 Å². The average molecular weight is 387 g/mol. The van der Waals surface area contributed by atoms with Gasteiger partial charge in [-0.25, -0.2) is 9.97 Å². The molecular weight excluding hydrogens is 366 g/mol. The number of aromatic amines is 1. The van der Waals surface area contributed by atoms with E-state index in [0.717, 1.165) is 5.56 Å². The molecule has 1 fully saturated rings. The lowest BCUT2D eigenvalue weighted by atomic mass is 10.1. The number of anilines is 1. The van der Waals surface area contributed by atoms with E-state index in [4.69, 9.17) is 4.74 Å². The summed E-state index contributed by atoms with van der Waals surface area (Å²) in [6, 6.07) is 9.85. The van der Waals surface area contributed by atoms with Crippen molar-refractivity contribution in [3.05, 3.63) is 52.6 Å². The molecule has 148 valence electrons. The van der Waals surface area contributed by atoms with Gasteiger partial charge in [0.25, 0.3) is 5.56 Å². The van der Waals surface area contributed by atoms with Gasteiger partial charge in [0.05, 0.1) is 12.9 Å². The highest BCUT2D eigenvalue weighted by molar-refractivity contribution is 5.73. The minimum atomic E-state index is -1.31. The Morgan fingerprint density at radius 2 is 2.00 bits per heavy atom. The van der Waals surface area contributed by atoms with Crippen LogP contribution < -0.4 is 10.9 Å². The van der Waals surface area contributed by atoms with E-state index in [1.54, 1.807) is 0 Å². The van der Waals surface area contributed by atoms with E-state index in [0.29, 0.717) is 13.0 Å². The topological polar surface area (TPSA) is 146 Å². The Bertz CT molecular complexity index is 1000. The molecule has 4 rings (SSSR count). The fourth-order valence-corrected chi connectivity index (χ4v) is 3.34. The van der Waals surface area contributed by atoms with Gasteiger partial charge in [0.1, 0.15) is 18.3 Å². The maximum absolute atomic E-state index is 12.1. The Morgan fingerprint density at radius 3 is 2.71 bits per heavy atom. The van der Waals surface area contributed by atoms with E-state index in [-0.39, 0.29) is 17.1 Å². The number of fused-ring (bicyclic) bond motifs is 1. The zero-order valence-corrected chi connectivity index (χ0v) is 14.9. The predicted molar refractivity (Wildman–Crippen MR) is 99.8 cm³/mol. The second-order valence-electron chi connectivity index (χ2n) is 6.60. The largest absolute Gasteiger partial charge is 0.394 e. The van der Waals surface area contributed by atoms with Crippen molar-refractivity contribution in [2.24, 2.45) is 0 Å². The lowest BCUT2D eigenvalue weighted by Crippen LogP contribution is -2.33. The molecule has 4 atom stereocenters. The third-order valence-corrected chi connectivity index (χ3v) is 4.79. The van der Waals surface area contributed by atoms with Gasteiger partial charge < -0.3 is 30.4 Å². The molecule has 0 spiro atoms. The summed E-state index contributed by atoms with van der Waals surface area (Å²) in [6.07, 6.45) is -2.64. The third kappa shape index (κ3) is 3.27. The fourth-order valence-electron chi connectivity index (χ4n) is 3.34. The normalized spacial score (nSPS) is 24.7. The first-order chi connectivity index (χ1) is 13.6. The second kappa shape index (κ2) is 7.68. The molecule has 28 heavy (non-hydrogen) atoms. The summed E-state index contributed by atoms with van der Waals surface area (Å²) in [6.45, 7) is 0.0617. The maximum atomic E-state index is 12.1. The first-order valence-electron chi connectivity index (χ1n) is 8.96. The number of aromatic nitrogens is 4. The third-order valence-electron chi connectivity index (χ3n) is 4.79. The van der Waals surface area contributed by atoms with Crippen molar-refractivity contribution < 1.29 is 20.1 Å². The van der Waals surface area contributed by atoms with Gasteiger partial charge in [-0.3, -0.25) is 9.36 Å². The van der Waals surface area contributed by atoms with E-state index in [1.165, 1.54) is 10.9 Å². The molecule has 0 amide bonds. The number of hydrogen-bond acceptors (Lipinski definition) is 8. The van der Waals surface area contributed by atoms with Crippen LogP contribution in [0.5, 0.6) is 0 Å². The number of benzene rings is 1. The fraction of sp³-hybridized carbons (Fsp3) is 0.389. The molecule has 5 N–H and O–H groups in total. The second-order valence-corrected chi connectivity index (χ2v) is 6.60. The molecule has 0 unspecified atom stereocenters. The number of aliphatic hydroxyl groups excluding tert-OH is 3. The number of nitrogens with one attached hydrogen (secondary N) is 2. The summed E-state index contributed by atoms with van der Waals surface area (Å²) < 4.78 is 7.06. The molecule has 1 aliphatic rings. The maximum Gasteiger partial charge on any atom is 0.278 e. The van der Waals surface area contributed by atoms with Crippen molar-refractivity contribution in [3.8, 4) is 0 Å². The number of nitrogens with zero attached hydrogens (tertiary/aromatic N) is 3. The Kier molecular flexibility index (Phi) is 5.09. The van der Waals surface area contributed by atoms with Gasteiger partial charge in [-0.2, -0.15) is 0 Å². The number of hydrogen-bond donors (Lipinski definition) is 5. The molecule has 1 aromatic carbocycles. The Balaban J connectivity index is 1.67. The van der Waals surface area contributed by atoms with E-state index < -0.39 is 36.7 Å². The SMILES string of the molecule is O=c1[nH]cnc2c1nc(NCCc1ccccc1)n2[C@H]1O[C@@H](CO)[C@@H](O)[C@@H]1O. The molecule has 10 heteroatoms. The van der Waals surface area contributed by atoms with Gasteiger partial charge in [0.15, 0.2) is 17.4 Å². The van der Waals surface area contributed by atoms with Crippen LogP contribution in [0.2, 0.25) is 0 Å². The van der Waals surface area contributed by atoms with Gasteiger partial charge in [0.2, 0.25) is 5.95 Å². The predicted octanol–water partition coefficient (Wildman–Crippen LogP) is -0.614. The summed E-state index contributed by atoms with van der Waals surface area (Å²) >= 11 is 0. The van der Waals surface area contributed by atoms with Gasteiger partial charge in [-0.1, -0.05) is 30.3 Å². The van der Waals surface area contributed by atoms with Crippen LogP contribution in [0.15, 0.2) is 41.5 Å². The van der Waals surface area contributed by atoms with Gasteiger partial charge >= 0.3 is 0 Å². The number of aliphatic hydroxyl groups is 3. The van der Waals surface area contributed by atoms with Crippen LogP contribution in [0.3, 0.4) is 0 Å². The quantitative estimate of drug-likeness (QED) is 0.376. The van der Waals surface area contributed by atoms with Crippen molar-refractivity contribution in [1.29, 1.82) is 0 Å². The molecule has 1 saturated heterocycles. The van der Waals surface area contributed by atoms with Crippen LogP contribution in [0.1, 0.15) is 11.8 Å². The molecule has 2 aromatic heterocycles. The van der Waals surface area contributed by atoms with E-state index >= 15 is 0 Å². The standard InChI is InChI=1S/C18H21N5O5/c24-8-11-13(25)14(26)17(28-11)23-15-12(16(27)21-9-20-15)22-18(23)19-7-6-10-4-2-1-3-5-10/h1-5,9,11,13-14,17,24-26H,6-8H2,(H,19,22)(H,20,21,27)/t11-,13+,14-,17-/m0/s1. The summed E-state index contributed by atoms with van der Waals surface area (Å²) in [5, 5.41) is 33.0. The van der Waals surface area contributed by atoms with Crippen molar-refractivity contribution in [1.82, 2.24) is 19.5 Å².